The van der Waals surface area contributed by atoms with Gasteiger partial charge in [-0.1, -0.05) is 6.58 Å². The number of carbonyl (C=O) groups is 2. The molecular formula is C14H21N2O8P. The summed E-state index contributed by atoms with van der Waals surface area (Å²) in [6.07, 6.45) is -2.74. The second-order valence-electron chi connectivity index (χ2n) is 6.51. The van der Waals surface area contributed by atoms with E-state index in [2.05, 4.69) is 11.9 Å². The second kappa shape index (κ2) is 6.15. The number of fused-ring (bicyclic) bond motifs is 1. The number of phosphoric acid groups is 1. The molecule has 1 saturated carbocycles. The molecule has 3 rings (SSSR count). The number of carbonyl (C=O) groups excluding carboxylic acids is 2. The Balaban J connectivity index is 1.65. The van der Waals surface area contributed by atoms with Crippen LogP contribution in [0.5, 0.6) is 0 Å². The number of nitrogens with one attached hydrogen (secondary N) is 1. The molecule has 2 heterocycles. The van der Waals surface area contributed by atoms with Crippen molar-refractivity contribution in [2.75, 3.05) is 13.7 Å². The first-order chi connectivity index (χ1) is 11.6. The smallest absolute Gasteiger partial charge is 0.388 e. The number of hydrogen-bond donors (Lipinski definition) is 2. The minimum absolute atomic E-state index is 0.0783. The summed E-state index contributed by atoms with van der Waals surface area (Å²) in [5, 5.41) is 12.7. The molecule has 0 bridgehead atoms. The molecule has 2 aliphatic heterocycles. The number of amides is 3. The lowest BCUT2D eigenvalue weighted by molar-refractivity contribution is -0.118. The summed E-state index contributed by atoms with van der Waals surface area (Å²) in [7, 11) is -2.31. The third-order valence-electron chi connectivity index (χ3n) is 4.50. The zero-order valence-corrected chi connectivity index (χ0v) is 15.0. The molecule has 11 heteroatoms. The number of ether oxygens (including phenoxy) is 1. The molecule has 0 aromatic heterocycles. The molecule has 0 aromatic rings. The van der Waals surface area contributed by atoms with E-state index < -0.39 is 49.7 Å². The maximum atomic E-state index is 12.4. The third kappa shape index (κ3) is 2.92. The van der Waals surface area contributed by atoms with Crippen LogP contribution < -0.4 is 5.32 Å². The SMILES string of the molecule is C=CC(=O)NC(=O)N(C)[C@@H]1O[C@@H]2C3O[P@](=O)(OC(C)C)OC[C@]32[C@H]1O. The van der Waals surface area contributed by atoms with Crippen molar-refractivity contribution in [1.29, 1.82) is 0 Å². The largest absolute Gasteiger partial charge is 0.475 e. The van der Waals surface area contributed by atoms with Crippen molar-refractivity contribution < 1.29 is 37.6 Å². The Labute approximate surface area is 144 Å². The van der Waals surface area contributed by atoms with Gasteiger partial charge >= 0.3 is 13.9 Å². The van der Waals surface area contributed by atoms with Crippen LogP contribution in [0.15, 0.2) is 12.7 Å². The lowest BCUT2D eigenvalue weighted by Gasteiger charge is -2.34. The molecule has 140 valence electrons. The molecule has 1 unspecified atom stereocenters. The lowest BCUT2D eigenvalue weighted by Crippen LogP contribution is -2.52. The van der Waals surface area contributed by atoms with Crippen LogP contribution in [-0.2, 0) is 27.7 Å². The maximum Gasteiger partial charge on any atom is 0.475 e. The quantitative estimate of drug-likeness (QED) is 0.533. The fraction of sp³-hybridized carbons (Fsp3) is 0.714. The van der Waals surface area contributed by atoms with Gasteiger partial charge < -0.3 is 9.84 Å². The Hall–Kier alpha value is -1.29. The van der Waals surface area contributed by atoms with Gasteiger partial charge in [0.05, 0.1) is 18.1 Å². The number of nitrogens with zero attached hydrogens (tertiary/aromatic N) is 1. The number of imide groups is 1. The Morgan fingerprint density at radius 1 is 1.48 bits per heavy atom. The van der Waals surface area contributed by atoms with Crippen molar-refractivity contribution in [3.8, 4) is 0 Å². The second-order valence-corrected chi connectivity index (χ2v) is 8.09. The van der Waals surface area contributed by atoms with Crippen molar-refractivity contribution >= 4 is 19.8 Å². The molecule has 10 nitrogen and oxygen atoms in total. The topological polar surface area (TPSA) is 124 Å². The van der Waals surface area contributed by atoms with Crippen LogP contribution in [0.25, 0.3) is 0 Å². The standard InChI is InChI=1S/C14H21N2O8P/c1-5-8(17)15-13(19)16(4)12-9(18)14-6-21-25(20,23-7(2)3)24-11(14)10(14)22-12/h5,7,9-12,18H,1,6H2,2-4H3,(H,15,17,19)/t9-,10+,11?,12+,14+,25-/m0/s1. The zero-order valence-electron chi connectivity index (χ0n) is 14.1. The van der Waals surface area contributed by atoms with Crippen molar-refractivity contribution in [2.45, 2.75) is 44.5 Å². The number of phosphoric ester groups is 1. The van der Waals surface area contributed by atoms with E-state index in [1.54, 1.807) is 13.8 Å². The number of urea groups is 1. The third-order valence-corrected chi connectivity index (χ3v) is 6.12. The van der Waals surface area contributed by atoms with E-state index >= 15 is 0 Å². The summed E-state index contributed by atoms with van der Waals surface area (Å²) >= 11 is 0. The van der Waals surface area contributed by atoms with Gasteiger partial charge in [-0.25, -0.2) is 9.36 Å². The molecule has 25 heavy (non-hydrogen) atoms. The number of likely N-dealkylation sites (N-methyl/N-ethyl adjacent to an activating group) is 1. The summed E-state index contributed by atoms with van der Waals surface area (Å²) in [5.74, 6) is -0.665. The number of aliphatic hydroxyl groups excluding tert-OH is 1. The van der Waals surface area contributed by atoms with Gasteiger partial charge in [0, 0.05) is 7.05 Å². The van der Waals surface area contributed by atoms with E-state index in [0.29, 0.717) is 0 Å². The van der Waals surface area contributed by atoms with Gasteiger partial charge in [-0.15, -0.1) is 0 Å². The van der Waals surface area contributed by atoms with E-state index in [1.807, 2.05) is 0 Å². The van der Waals surface area contributed by atoms with E-state index in [4.69, 9.17) is 18.3 Å². The van der Waals surface area contributed by atoms with Gasteiger partial charge in [0.25, 0.3) is 5.91 Å². The zero-order chi connectivity index (χ0) is 18.6. The predicted octanol–water partition coefficient (Wildman–Crippen LogP) is 0.375. The van der Waals surface area contributed by atoms with Gasteiger partial charge in [-0.3, -0.25) is 28.6 Å². The van der Waals surface area contributed by atoms with E-state index in [1.165, 1.54) is 7.05 Å². The van der Waals surface area contributed by atoms with Gasteiger partial charge in [0.15, 0.2) is 6.23 Å². The van der Waals surface area contributed by atoms with Crippen molar-refractivity contribution in [3.05, 3.63) is 12.7 Å². The van der Waals surface area contributed by atoms with Crippen LogP contribution in [0.3, 0.4) is 0 Å². The minimum atomic E-state index is -3.70. The number of aliphatic hydroxyl groups is 1. The Morgan fingerprint density at radius 2 is 2.16 bits per heavy atom. The van der Waals surface area contributed by atoms with Crippen molar-refractivity contribution in [1.82, 2.24) is 10.2 Å². The first kappa shape index (κ1) is 18.5. The summed E-state index contributed by atoms with van der Waals surface area (Å²) < 4.78 is 33.9. The molecular weight excluding hydrogens is 355 g/mol. The molecule has 0 radical (unpaired) electrons. The molecule has 2 saturated heterocycles. The van der Waals surface area contributed by atoms with Gasteiger partial charge in [0.2, 0.25) is 0 Å². The summed E-state index contributed by atoms with van der Waals surface area (Å²) in [5.41, 5.74) is -0.907. The molecule has 2 N–H and O–H groups in total. The van der Waals surface area contributed by atoms with Crippen LogP contribution >= 0.6 is 7.82 Å². The van der Waals surface area contributed by atoms with Crippen LogP contribution in [0.1, 0.15) is 13.8 Å². The van der Waals surface area contributed by atoms with Crippen LogP contribution in [0.4, 0.5) is 4.79 Å². The lowest BCUT2D eigenvalue weighted by atomic mass is 9.99. The number of rotatable bonds is 4. The number of hydrogen-bond acceptors (Lipinski definition) is 8. The maximum absolute atomic E-state index is 12.4. The van der Waals surface area contributed by atoms with Gasteiger partial charge in [-0.05, 0) is 19.9 Å². The van der Waals surface area contributed by atoms with E-state index in [0.717, 1.165) is 11.0 Å². The molecule has 3 fully saturated rings. The van der Waals surface area contributed by atoms with Crippen molar-refractivity contribution in [3.63, 3.8) is 0 Å². The normalized spacial score (nSPS) is 41.6. The summed E-state index contributed by atoms with van der Waals surface area (Å²) in [4.78, 5) is 24.3. The fourth-order valence-electron chi connectivity index (χ4n) is 3.15. The Morgan fingerprint density at radius 3 is 2.76 bits per heavy atom. The van der Waals surface area contributed by atoms with E-state index in [9.17, 15) is 19.3 Å². The van der Waals surface area contributed by atoms with Crippen molar-refractivity contribution in [2.24, 2.45) is 5.41 Å². The molecule has 1 spiro atoms. The van der Waals surface area contributed by atoms with Crippen LogP contribution in [0.2, 0.25) is 0 Å². The van der Waals surface area contributed by atoms with E-state index in [-0.39, 0.29) is 12.7 Å². The predicted molar refractivity (Wildman–Crippen MR) is 83.3 cm³/mol. The molecule has 6 atom stereocenters. The molecule has 3 aliphatic rings. The highest BCUT2D eigenvalue weighted by Gasteiger charge is 2.81. The highest BCUT2D eigenvalue weighted by atomic mass is 31.2. The minimum Gasteiger partial charge on any atom is -0.388 e. The average Bonchev–Trinajstić information content (AvgIpc) is 3.05. The van der Waals surface area contributed by atoms with Gasteiger partial charge in [0.1, 0.15) is 18.3 Å². The molecule has 0 aromatic carbocycles. The van der Waals surface area contributed by atoms with Crippen LogP contribution in [0, 0.1) is 5.41 Å². The molecule has 1 aliphatic carbocycles. The monoisotopic (exact) mass is 376 g/mol. The first-order valence-electron chi connectivity index (χ1n) is 7.80. The summed E-state index contributed by atoms with van der Waals surface area (Å²) in [6.45, 7) is 6.58. The highest BCUT2D eigenvalue weighted by molar-refractivity contribution is 7.48. The van der Waals surface area contributed by atoms with Gasteiger partial charge in [-0.2, -0.15) is 0 Å². The average molecular weight is 376 g/mol. The summed E-state index contributed by atoms with van der Waals surface area (Å²) in [6, 6.07) is -0.741. The highest BCUT2D eigenvalue weighted by Crippen LogP contribution is 2.71. The fourth-order valence-corrected chi connectivity index (χ4v) is 4.81. The Kier molecular flexibility index (Phi) is 4.55. The molecule has 3 amide bonds. The van der Waals surface area contributed by atoms with Crippen LogP contribution in [-0.4, -0.2) is 66.2 Å². The first-order valence-corrected chi connectivity index (χ1v) is 9.26. The Bertz CT molecular complexity index is 655.